The molecule has 0 radical (unpaired) electrons. The summed E-state index contributed by atoms with van der Waals surface area (Å²) in [6.45, 7) is 2.04. The van der Waals surface area contributed by atoms with Crippen LogP contribution in [-0.2, 0) is 14.3 Å². The summed E-state index contributed by atoms with van der Waals surface area (Å²) in [7, 11) is 2.96. The summed E-state index contributed by atoms with van der Waals surface area (Å²) < 4.78 is 4.54. The highest BCUT2D eigenvalue weighted by atomic mass is 16.5. The monoisotopic (exact) mass is 231 g/mol. The maximum absolute atomic E-state index is 11.1. The molecule has 7 heteroatoms. The van der Waals surface area contributed by atoms with Gasteiger partial charge in [-0.1, -0.05) is 6.92 Å². The topological polar surface area (TPSA) is 102 Å². The fraction of sp³-hybridized carbons (Fsp3) is 0.667. The van der Waals surface area contributed by atoms with E-state index in [0.29, 0.717) is 6.54 Å². The highest BCUT2D eigenvalue weighted by Crippen LogP contribution is 1.99. The van der Waals surface area contributed by atoms with Crippen molar-refractivity contribution in [1.82, 2.24) is 10.2 Å². The Hall–Kier alpha value is -1.63. The average molecular weight is 231 g/mol. The number of nitrogens with zero attached hydrogens (tertiary/aromatic N) is 1. The largest absolute Gasteiger partial charge is 0.469 e. The number of carbonyl (C=O) groups is 3. The van der Waals surface area contributed by atoms with Gasteiger partial charge in [-0.3, -0.25) is 19.8 Å². The van der Waals surface area contributed by atoms with E-state index in [1.165, 1.54) is 7.11 Å². The van der Waals surface area contributed by atoms with Crippen molar-refractivity contribution >= 4 is 17.9 Å². The molecule has 0 aromatic heterocycles. The number of rotatable bonds is 5. The van der Waals surface area contributed by atoms with Gasteiger partial charge >= 0.3 is 12.0 Å². The van der Waals surface area contributed by atoms with Crippen LogP contribution in [0, 0.1) is 5.92 Å². The van der Waals surface area contributed by atoms with Crippen molar-refractivity contribution in [1.29, 1.82) is 0 Å². The van der Waals surface area contributed by atoms with Gasteiger partial charge in [-0.25, -0.2) is 4.79 Å². The second-order valence-corrected chi connectivity index (χ2v) is 3.53. The molecule has 0 aliphatic rings. The average Bonchev–Trinajstić information content (AvgIpc) is 2.14. The second kappa shape index (κ2) is 6.78. The maximum atomic E-state index is 11.1. The molecule has 92 valence electrons. The summed E-state index contributed by atoms with van der Waals surface area (Å²) in [6, 6.07) is -0.889. The first-order chi connectivity index (χ1) is 7.36. The predicted molar refractivity (Wildman–Crippen MR) is 56.4 cm³/mol. The van der Waals surface area contributed by atoms with Crippen LogP contribution in [0.1, 0.15) is 6.92 Å². The molecular weight excluding hydrogens is 214 g/mol. The molecule has 7 nitrogen and oxygen atoms in total. The summed E-state index contributed by atoms with van der Waals surface area (Å²) in [5, 5.41) is 1.93. The molecule has 0 heterocycles. The number of hydrogen-bond donors (Lipinski definition) is 2. The molecule has 0 aliphatic carbocycles. The van der Waals surface area contributed by atoms with Crippen LogP contribution >= 0.6 is 0 Å². The van der Waals surface area contributed by atoms with Gasteiger partial charge in [0.05, 0.1) is 19.6 Å². The number of imide groups is 1. The first-order valence-corrected chi connectivity index (χ1v) is 4.72. The van der Waals surface area contributed by atoms with Gasteiger partial charge in [0.1, 0.15) is 0 Å². The molecular formula is C9H17N3O4. The van der Waals surface area contributed by atoms with Crippen LogP contribution in [0.15, 0.2) is 0 Å². The number of nitrogens with one attached hydrogen (secondary N) is 1. The number of hydrogen-bond acceptors (Lipinski definition) is 5. The predicted octanol–water partition coefficient (Wildman–Crippen LogP) is -1.08. The summed E-state index contributed by atoms with van der Waals surface area (Å²) in [5.74, 6) is -1.19. The third-order valence-electron chi connectivity index (χ3n) is 1.87. The number of amides is 3. The number of nitrogens with two attached hydrogens (primary N) is 1. The Balaban J connectivity index is 3.98. The van der Waals surface area contributed by atoms with E-state index in [4.69, 9.17) is 5.73 Å². The zero-order valence-electron chi connectivity index (χ0n) is 9.65. The van der Waals surface area contributed by atoms with Crippen LogP contribution < -0.4 is 11.1 Å². The summed E-state index contributed by atoms with van der Waals surface area (Å²) >= 11 is 0. The first-order valence-electron chi connectivity index (χ1n) is 4.72. The highest BCUT2D eigenvalue weighted by molar-refractivity contribution is 5.94. The Bertz CT molecular complexity index is 280. The van der Waals surface area contributed by atoms with Crippen LogP contribution in [0.25, 0.3) is 0 Å². The van der Waals surface area contributed by atoms with E-state index in [9.17, 15) is 14.4 Å². The lowest BCUT2D eigenvalue weighted by Gasteiger charge is -2.18. The Labute approximate surface area is 93.9 Å². The van der Waals surface area contributed by atoms with Gasteiger partial charge in [0, 0.05) is 6.54 Å². The van der Waals surface area contributed by atoms with Gasteiger partial charge in [0.15, 0.2) is 0 Å². The minimum atomic E-state index is -0.889. The van der Waals surface area contributed by atoms with E-state index >= 15 is 0 Å². The zero-order chi connectivity index (χ0) is 12.7. The fourth-order valence-electron chi connectivity index (χ4n) is 1.23. The van der Waals surface area contributed by atoms with Gasteiger partial charge in [-0.05, 0) is 7.05 Å². The lowest BCUT2D eigenvalue weighted by molar-refractivity contribution is -0.145. The summed E-state index contributed by atoms with van der Waals surface area (Å²) in [4.78, 5) is 34.2. The highest BCUT2D eigenvalue weighted by Gasteiger charge is 2.17. The molecule has 1 unspecified atom stereocenters. The number of ether oxygens (including phenoxy) is 1. The fourth-order valence-corrected chi connectivity index (χ4v) is 1.23. The summed E-state index contributed by atoms with van der Waals surface area (Å²) in [6.07, 6.45) is 0. The number of likely N-dealkylation sites (N-methyl/N-ethyl adjacent to an activating group) is 1. The quantitative estimate of drug-likeness (QED) is 0.586. The van der Waals surface area contributed by atoms with Crippen molar-refractivity contribution in [2.75, 3.05) is 27.2 Å². The number of urea groups is 1. The molecule has 0 bridgehead atoms. The van der Waals surface area contributed by atoms with E-state index < -0.39 is 11.9 Å². The molecule has 0 aliphatic heterocycles. The second-order valence-electron chi connectivity index (χ2n) is 3.53. The van der Waals surface area contributed by atoms with Crippen LogP contribution in [0.2, 0.25) is 0 Å². The molecule has 3 N–H and O–H groups in total. The SMILES string of the molecule is COC(=O)C(C)CN(C)CC(=O)NC(N)=O. The van der Waals surface area contributed by atoms with Gasteiger partial charge in [-0.15, -0.1) is 0 Å². The van der Waals surface area contributed by atoms with Crippen molar-refractivity contribution in [2.24, 2.45) is 11.7 Å². The normalized spacial score (nSPS) is 12.0. The van der Waals surface area contributed by atoms with E-state index in [2.05, 4.69) is 4.74 Å². The Morgan fingerprint density at radius 3 is 2.44 bits per heavy atom. The molecule has 3 amide bonds. The van der Waals surface area contributed by atoms with Crippen molar-refractivity contribution in [3.8, 4) is 0 Å². The third kappa shape index (κ3) is 5.97. The Morgan fingerprint density at radius 1 is 1.44 bits per heavy atom. The minimum Gasteiger partial charge on any atom is -0.469 e. The van der Waals surface area contributed by atoms with E-state index in [1.807, 2.05) is 5.32 Å². The van der Waals surface area contributed by atoms with Crippen molar-refractivity contribution in [2.45, 2.75) is 6.92 Å². The molecule has 0 spiro atoms. The van der Waals surface area contributed by atoms with Crippen molar-refractivity contribution in [3.63, 3.8) is 0 Å². The van der Waals surface area contributed by atoms with Crippen LogP contribution in [-0.4, -0.2) is 50.1 Å². The standard InChI is InChI=1S/C9H17N3O4/c1-6(8(14)16-3)4-12(2)5-7(13)11-9(10)15/h6H,4-5H2,1-3H3,(H3,10,11,13,15). The lowest BCUT2D eigenvalue weighted by atomic mass is 10.2. The minimum absolute atomic E-state index is 0.00965. The molecule has 0 saturated heterocycles. The van der Waals surface area contributed by atoms with E-state index in [-0.39, 0.29) is 18.4 Å². The smallest absolute Gasteiger partial charge is 0.318 e. The van der Waals surface area contributed by atoms with Gasteiger partial charge in [0.25, 0.3) is 0 Å². The van der Waals surface area contributed by atoms with Crippen LogP contribution in [0.5, 0.6) is 0 Å². The Kier molecular flexibility index (Phi) is 6.09. The molecule has 0 saturated carbocycles. The molecule has 0 fully saturated rings. The van der Waals surface area contributed by atoms with Gasteiger partial charge < -0.3 is 10.5 Å². The maximum Gasteiger partial charge on any atom is 0.318 e. The number of methoxy groups -OCH3 is 1. The third-order valence-corrected chi connectivity index (χ3v) is 1.87. The number of carbonyl (C=O) groups excluding carboxylic acids is 3. The van der Waals surface area contributed by atoms with Crippen molar-refractivity contribution in [3.05, 3.63) is 0 Å². The molecule has 1 atom stereocenters. The Morgan fingerprint density at radius 2 is 2.00 bits per heavy atom. The first kappa shape index (κ1) is 14.4. The number of primary amides is 1. The van der Waals surface area contributed by atoms with Crippen molar-refractivity contribution < 1.29 is 19.1 Å². The molecule has 0 rings (SSSR count). The van der Waals surface area contributed by atoms with E-state index in [0.717, 1.165) is 0 Å². The molecule has 0 aromatic rings. The lowest BCUT2D eigenvalue weighted by Crippen LogP contribution is -2.42. The number of esters is 1. The van der Waals surface area contributed by atoms with Crippen LogP contribution in [0.3, 0.4) is 0 Å². The van der Waals surface area contributed by atoms with Gasteiger partial charge in [0.2, 0.25) is 5.91 Å². The summed E-state index contributed by atoms with van der Waals surface area (Å²) in [5.41, 5.74) is 4.78. The van der Waals surface area contributed by atoms with E-state index in [1.54, 1.807) is 18.9 Å². The molecule has 16 heavy (non-hydrogen) atoms. The van der Waals surface area contributed by atoms with Crippen LogP contribution in [0.4, 0.5) is 4.79 Å². The molecule has 0 aromatic carbocycles. The van der Waals surface area contributed by atoms with Gasteiger partial charge in [-0.2, -0.15) is 0 Å². The zero-order valence-corrected chi connectivity index (χ0v) is 9.65.